The van der Waals surface area contributed by atoms with Crippen molar-refractivity contribution in [1.29, 1.82) is 5.26 Å². The molecular weight excluding hydrogens is 607 g/mol. The molecule has 3 aromatic carbocycles. The number of hydrogen-bond donors (Lipinski definition) is 1. The van der Waals surface area contributed by atoms with Gasteiger partial charge in [-0.15, -0.1) is 0 Å². The molecule has 1 amide bonds. The molecule has 0 radical (unpaired) electrons. The first kappa shape index (κ1) is 24.1. The summed E-state index contributed by atoms with van der Waals surface area (Å²) in [5.74, 6) is 0.452. The van der Waals surface area contributed by atoms with Crippen molar-refractivity contribution in [2.45, 2.75) is 6.61 Å². The summed E-state index contributed by atoms with van der Waals surface area (Å²) >= 11 is 11.8. The Hall–Kier alpha value is -2.54. The van der Waals surface area contributed by atoms with Gasteiger partial charge in [-0.25, -0.2) is 0 Å². The highest BCUT2D eigenvalue weighted by molar-refractivity contribution is 14.1. The van der Waals surface area contributed by atoms with Crippen LogP contribution in [0.2, 0.25) is 5.02 Å². The van der Waals surface area contributed by atoms with Gasteiger partial charge < -0.3 is 14.8 Å². The van der Waals surface area contributed by atoms with Crippen LogP contribution in [-0.2, 0) is 11.4 Å². The zero-order valence-electron chi connectivity index (χ0n) is 16.9. The van der Waals surface area contributed by atoms with E-state index in [9.17, 15) is 10.1 Å². The number of para-hydroxylation sites is 1. The van der Waals surface area contributed by atoms with Crippen LogP contribution in [0.15, 0.2) is 70.7 Å². The van der Waals surface area contributed by atoms with E-state index < -0.39 is 5.91 Å². The third kappa shape index (κ3) is 6.25. The molecule has 0 heterocycles. The minimum absolute atomic E-state index is 0.0831. The number of benzene rings is 3. The minimum atomic E-state index is -0.564. The molecule has 0 aliphatic rings. The second-order valence-corrected chi connectivity index (χ2v) is 9.05. The van der Waals surface area contributed by atoms with E-state index >= 15 is 0 Å². The third-order valence-electron chi connectivity index (χ3n) is 4.38. The molecular formula is C24H17BrClIN2O3. The van der Waals surface area contributed by atoms with Gasteiger partial charge in [-0.2, -0.15) is 5.26 Å². The summed E-state index contributed by atoms with van der Waals surface area (Å²) in [6, 6.07) is 20.2. The topological polar surface area (TPSA) is 71.3 Å². The Bertz CT molecular complexity index is 1210. The number of anilines is 1. The summed E-state index contributed by atoms with van der Waals surface area (Å²) in [5, 5.41) is 12.6. The lowest BCUT2D eigenvalue weighted by molar-refractivity contribution is -0.112. The summed E-state index contributed by atoms with van der Waals surface area (Å²) in [7, 11) is 1.53. The number of methoxy groups -OCH3 is 1. The average molecular weight is 624 g/mol. The molecule has 162 valence electrons. The van der Waals surface area contributed by atoms with Crippen molar-refractivity contribution in [1.82, 2.24) is 0 Å². The number of halogens is 3. The zero-order valence-corrected chi connectivity index (χ0v) is 21.4. The molecule has 5 nitrogen and oxygen atoms in total. The van der Waals surface area contributed by atoms with E-state index in [4.69, 9.17) is 21.1 Å². The van der Waals surface area contributed by atoms with Crippen LogP contribution in [-0.4, -0.2) is 13.0 Å². The zero-order chi connectivity index (χ0) is 23.1. The molecule has 0 aromatic heterocycles. The highest BCUT2D eigenvalue weighted by atomic mass is 127. The lowest BCUT2D eigenvalue weighted by Crippen LogP contribution is -2.13. The van der Waals surface area contributed by atoms with Gasteiger partial charge in [0.05, 0.1) is 17.8 Å². The van der Waals surface area contributed by atoms with Gasteiger partial charge in [-0.05, 0) is 76.2 Å². The van der Waals surface area contributed by atoms with Crippen molar-refractivity contribution < 1.29 is 14.3 Å². The van der Waals surface area contributed by atoms with Crippen molar-refractivity contribution in [3.63, 3.8) is 0 Å². The summed E-state index contributed by atoms with van der Waals surface area (Å²) < 4.78 is 13.2. The van der Waals surface area contributed by atoms with Crippen molar-refractivity contribution in [2.24, 2.45) is 0 Å². The number of rotatable bonds is 7. The predicted octanol–water partition coefficient (Wildman–Crippen LogP) is 6.84. The van der Waals surface area contributed by atoms with Gasteiger partial charge in [0.2, 0.25) is 0 Å². The Labute approximate surface area is 213 Å². The number of hydrogen-bond acceptors (Lipinski definition) is 4. The van der Waals surface area contributed by atoms with Crippen LogP contribution < -0.4 is 14.8 Å². The van der Waals surface area contributed by atoms with Gasteiger partial charge in [0, 0.05) is 8.04 Å². The summed E-state index contributed by atoms with van der Waals surface area (Å²) in [5.41, 5.74) is 1.96. The van der Waals surface area contributed by atoms with Gasteiger partial charge in [0.25, 0.3) is 5.91 Å². The molecule has 0 spiro atoms. The maximum absolute atomic E-state index is 12.6. The number of carbonyl (C=O) groups is 1. The predicted molar refractivity (Wildman–Crippen MR) is 138 cm³/mol. The maximum atomic E-state index is 12.6. The quantitative estimate of drug-likeness (QED) is 0.178. The molecule has 32 heavy (non-hydrogen) atoms. The van der Waals surface area contributed by atoms with Gasteiger partial charge in [-0.3, -0.25) is 4.79 Å². The molecule has 3 aromatic rings. The maximum Gasteiger partial charge on any atom is 0.266 e. The molecule has 8 heteroatoms. The van der Waals surface area contributed by atoms with E-state index in [1.165, 1.54) is 13.2 Å². The number of nitrogens with one attached hydrogen (secondary N) is 1. The Morgan fingerprint density at radius 2 is 1.91 bits per heavy atom. The molecule has 0 bridgehead atoms. The van der Waals surface area contributed by atoms with Gasteiger partial charge >= 0.3 is 0 Å². The Balaban J connectivity index is 1.82. The lowest BCUT2D eigenvalue weighted by Gasteiger charge is -2.13. The van der Waals surface area contributed by atoms with Crippen molar-refractivity contribution in [2.75, 3.05) is 12.4 Å². The molecule has 0 fully saturated rings. The Kier molecular flexibility index (Phi) is 8.56. The van der Waals surface area contributed by atoms with E-state index in [-0.39, 0.29) is 5.57 Å². The van der Waals surface area contributed by atoms with Crippen LogP contribution >= 0.6 is 50.1 Å². The van der Waals surface area contributed by atoms with Crippen LogP contribution in [0.4, 0.5) is 5.69 Å². The fourth-order valence-corrected chi connectivity index (χ4v) is 3.71. The second-order valence-electron chi connectivity index (χ2n) is 6.54. The molecule has 0 aliphatic heterocycles. The highest BCUT2D eigenvalue weighted by Crippen LogP contribution is 2.35. The molecule has 0 aliphatic carbocycles. The van der Waals surface area contributed by atoms with Crippen LogP contribution in [0.3, 0.4) is 0 Å². The van der Waals surface area contributed by atoms with E-state index in [1.54, 1.807) is 36.4 Å². The minimum Gasteiger partial charge on any atom is -0.493 e. The average Bonchev–Trinajstić information content (AvgIpc) is 2.79. The molecule has 0 saturated heterocycles. The van der Waals surface area contributed by atoms with Gasteiger partial charge in [0.1, 0.15) is 18.2 Å². The SMILES string of the molecule is COc1cc(/C=C(\C#N)C(=O)Nc2ccccc2Cl)c(Br)cc1OCc1ccc(I)cc1. The van der Waals surface area contributed by atoms with E-state index in [0.717, 1.165) is 9.13 Å². The first-order valence-electron chi connectivity index (χ1n) is 9.33. The Morgan fingerprint density at radius 1 is 1.19 bits per heavy atom. The van der Waals surface area contributed by atoms with Gasteiger partial charge in [0.15, 0.2) is 11.5 Å². The molecule has 0 unspecified atom stereocenters. The first-order chi connectivity index (χ1) is 15.4. The molecule has 0 atom stereocenters. The third-order valence-corrected chi connectivity index (χ3v) is 6.11. The van der Waals surface area contributed by atoms with E-state index in [0.29, 0.717) is 38.9 Å². The summed E-state index contributed by atoms with van der Waals surface area (Å²) in [6.07, 6.45) is 1.47. The normalized spacial score (nSPS) is 10.9. The fraction of sp³-hybridized carbons (Fsp3) is 0.0833. The molecule has 1 N–H and O–H groups in total. The number of ether oxygens (including phenoxy) is 2. The number of carbonyl (C=O) groups excluding carboxylic acids is 1. The fourth-order valence-electron chi connectivity index (χ4n) is 2.73. The van der Waals surface area contributed by atoms with Crippen LogP contribution in [0.5, 0.6) is 11.5 Å². The van der Waals surface area contributed by atoms with E-state index in [2.05, 4.69) is 43.8 Å². The lowest BCUT2D eigenvalue weighted by atomic mass is 10.1. The summed E-state index contributed by atoms with van der Waals surface area (Å²) in [4.78, 5) is 12.6. The smallest absolute Gasteiger partial charge is 0.266 e. The highest BCUT2D eigenvalue weighted by Gasteiger charge is 2.15. The van der Waals surface area contributed by atoms with E-state index in [1.807, 2.05) is 30.3 Å². The number of nitrogens with zero attached hydrogens (tertiary/aromatic N) is 1. The summed E-state index contributed by atoms with van der Waals surface area (Å²) in [6.45, 7) is 0.374. The standard InChI is InChI=1S/C24H17BrClIN2O3/c1-31-22-11-16(10-17(13-28)24(30)29-21-5-3-2-4-20(21)26)19(25)12-23(22)32-14-15-6-8-18(27)9-7-15/h2-12H,14H2,1H3,(H,29,30)/b17-10+. The molecule has 0 saturated carbocycles. The van der Waals surface area contributed by atoms with Crippen molar-refractivity contribution >= 4 is 67.8 Å². The first-order valence-corrected chi connectivity index (χ1v) is 11.6. The van der Waals surface area contributed by atoms with Crippen molar-refractivity contribution in [3.8, 4) is 17.6 Å². The monoisotopic (exact) mass is 622 g/mol. The van der Waals surface area contributed by atoms with Crippen molar-refractivity contribution in [3.05, 3.63) is 90.4 Å². The van der Waals surface area contributed by atoms with Crippen LogP contribution in [0.1, 0.15) is 11.1 Å². The number of nitriles is 1. The molecule has 3 rings (SSSR count). The number of amides is 1. The van der Waals surface area contributed by atoms with Crippen LogP contribution in [0.25, 0.3) is 6.08 Å². The Morgan fingerprint density at radius 3 is 2.56 bits per heavy atom. The van der Waals surface area contributed by atoms with Crippen LogP contribution in [0, 0.1) is 14.9 Å². The van der Waals surface area contributed by atoms with Gasteiger partial charge in [-0.1, -0.05) is 51.8 Å². The largest absolute Gasteiger partial charge is 0.493 e. The second kappa shape index (κ2) is 11.4.